The molecule has 2 fully saturated rings. The Morgan fingerprint density at radius 3 is 2.87 bits per heavy atom. The van der Waals surface area contributed by atoms with E-state index in [4.69, 9.17) is 16.7 Å². The predicted molar refractivity (Wildman–Crippen MR) is 117 cm³/mol. The van der Waals surface area contributed by atoms with Crippen molar-refractivity contribution in [1.82, 2.24) is 9.88 Å². The SMILES string of the molecule is O=C(O)Oc1cn(C2CC2)c2c(Cl)c(N3CCNC(c4cccs4)C3)c(F)cc2c1=O. The van der Waals surface area contributed by atoms with Crippen molar-refractivity contribution < 1.29 is 19.0 Å². The van der Waals surface area contributed by atoms with Gasteiger partial charge in [-0.25, -0.2) is 9.18 Å². The number of rotatable bonds is 4. The zero-order valence-electron chi connectivity index (χ0n) is 16.3. The summed E-state index contributed by atoms with van der Waals surface area (Å²) in [5, 5.41) is 14.6. The van der Waals surface area contributed by atoms with Gasteiger partial charge < -0.3 is 24.6 Å². The highest BCUT2D eigenvalue weighted by atomic mass is 35.5. The summed E-state index contributed by atoms with van der Waals surface area (Å²) < 4.78 is 21.7. The summed E-state index contributed by atoms with van der Waals surface area (Å²) in [6.45, 7) is 1.77. The number of fused-ring (bicyclic) bond motifs is 1. The van der Waals surface area contributed by atoms with Crippen LogP contribution in [-0.4, -0.2) is 35.5 Å². The van der Waals surface area contributed by atoms with Crippen molar-refractivity contribution in [2.45, 2.75) is 24.9 Å². The summed E-state index contributed by atoms with van der Waals surface area (Å²) in [4.78, 5) is 26.9. The third-order valence-corrected chi connectivity index (χ3v) is 7.01. The maximum Gasteiger partial charge on any atom is 0.511 e. The molecule has 2 N–H and O–H groups in total. The molecule has 31 heavy (non-hydrogen) atoms. The number of benzene rings is 1. The van der Waals surface area contributed by atoms with Crippen LogP contribution in [0.1, 0.15) is 29.8 Å². The predicted octanol–water partition coefficient (Wildman–Crippen LogP) is 4.40. The smallest absolute Gasteiger partial charge is 0.449 e. The molecule has 2 aliphatic rings. The number of carboxylic acid groups (broad SMARTS) is 1. The third kappa shape index (κ3) is 3.66. The fourth-order valence-corrected chi connectivity index (χ4v) is 5.34. The van der Waals surface area contributed by atoms with Crippen molar-refractivity contribution >= 4 is 45.7 Å². The molecule has 3 aromatic rings. The van der Waals surface area contributed by atoms with Crippen LogP contribution < -0.4 is 20.4 Å². The normalized spacial score (nSPS) is 19.0. The van der Waals surface area contributed by atoms with Crippen molar-refractivity contribution in [2.75, 3.05) is 24.5 Å². The molecule has 0 spiro atoms. The molecule has 7 nitrogen and oxygen atoms in total. The summed E-state index contributed by atoms with van der Waals surface area (Å²) in [6.07, 6.45) is 1.50. The molecule has 5 rings (SSSR count). The van der Waals surface area contributed by atoms with Gasteiger partial charge in [0.25, 0.3) is 0 Å². The first-order valence-corrected chi connectivity index (χ1v) is 11.2. The van der Waals surface area contributed by atoms with Crippen LogP contribution in [0.5, 0.6) is 5.75 Å². The number of piperazine rings is 1. The van der Waals surface area contributed by atoms with E-state index < -0.39 is 17.4 Å². The molecule has 1 saturated heterocycles. The first-order chi connectivity index (χ1) is 14.9. The lowest BCUT2D eigenvalue weighted by Gasteiger charge is -2.36. The van der Waals surface area contributed by atoms with Gasteiger partial charge >= 0.3 is 6.16 Å². The number of pyridine rings is 1. The van der Waals surface area contributed by atoms with Gasteiger partial charge in [0.1, 0.15) is 5.82 Å². The second-order valence-corrected chi connectivity index (χ2v) is 9.07. The van der Waals surface area contributed by atoms with Crippen molar-refractivity contribution in [2.24, 2.45) is 0 Å². The van der Waals surface area contributed by atoms with Gasteiger partial charge in [-0.1, -0.05) is 17.7 Å². The van der Waals surface area contributed by atoms with E-state index in [9.17, 15) is 9.59 Å². The first kappa shape index (κ1) is 20.3. The number of nitrogens with zero attached hydrogens (tertiary/aromatic N) is 2. The molecular weight excluding hydrogens is 445 g/mol. The van der Waals surface area contributed by atoms with Crippen LogP contribution in [-0.2, 0) is 0 Å². The number of anilines is 1. The minimum atomic E-state index is -1.59. The van der Waals surface area contributed by atoms with E-state index >= 15 is 4.39 Å². The topological polar surface area (TPSA) is 83.8 Å². The zero-order valence-corrected chi connectivity index (χ0v) is 17.9. The number of nitrogens with one attached hydrogen (secondary N) is 1. The minimum absolute atomic E-state index is 0.0156. The number of halogens is 2. The number of carbonyl (C=O) groups is 1. The second-order valence-electron chi connectivity index (χ2n) is 7.71. The zero-order chi connectivity index (χ0) is 21.7. The standard InChI is InChI=1S/C21H19ClFN3O4S/c22-17-18-12(20(27)15(30-21(28)29)10-26(18)11-3-4-11)8-13(23)19(17)25-6-5-24-14(9-25)16-2-1-7-31-16/h1-2,7-8,10-11,14,24H,3-6,9H2,(H,28,29). The highest BCUT2D eigenvalue weighted by Crippen LogP contribution is 2.43. The van der Waals surface area contributed by atoms with Crippen LogP contribution >= 0.6 is 22.9 Å². The number of aromatic nitrogens is 1. The Balaban J connectivity index is 1.64. The van der Waals surface area contributed by atoms with Crippen molar-refractivity contribution in [3.8, 4) is 5.75 Å². The Morgan fingerprint density at radius 2 is 2.19 bits per heavy atom. The number of ether oxygens (including phenoxy) is 1. The van der Waals surface area contributed by atoms with Crippen molar-refractivity contribution in [1.29, 1.82) is 0 Å². The molecule has 0 radical (unpaired) electrons. The fourth-order valence-electron chi connectivity index (χ4n) is 4.14. The van der Waals surface area contributed by atoms with Crippen LogP contribution in [0.25, 0.3) is 10.9 Å². The van der Waals surface area contributed by atoms with Gasteiger partial charge in [-0.2, -0.15) is 0 Å². The van der Waals surface area contributed by atoms with E-state index in [0.29, 0.717) is 25.2 Å². The molecule has 162 valence electrons. The van der Waals surface area contributed by atoms with Gasteiger partial charge in [0.15, 0.2) is 5.75 Å². The highest BCUT2D eigenvalue weighted by Gasteiger charge is 2.31. The van der Waals surface area contributed by atoms with E-state index in [1.54, 1.807) is 15.9 Å². The Kier molecular flexibility index (Phi) is 5.11. The molecule has 0 amide bonds. The molecule has 10 heteroatoms. The lowest BCUT2D eigenvalue weighted by Crippen LogP contribution is -2.46. The van der Waals surface area contributed by atoms with Crippen molar-refractivity contribution in [3.63, 3.8) is 0 Å². The van der Waals surface area contributed by atoms with Crippen LogP contribution in [0.2, 0.25) is 5.02 Å². The molecule has 1 aliphatic heterocycles. The van der Waals surface area contributed by atoms with Gasteiger partial charge in [0.2, 0.25) is 5.43 Å². The molecule has 1 unspecified atom stereocenters. The average Bonchev–Trinajstić information content (AvgIpc) is 3.43. The molecule has 3 heterocycles. The van der Waals surface area contributed by atoms with E-state index in [-0.39, 0.29) is 33.9 Å². The van der Waals surface area contributed by atoms with E-state index in [0.717, 1.165) is 23.8 Å². The fraction of sp³-hybridized carbons (Fsp3) is 0.333. The molecule has 0 bridgehead atoms. The molecule has 1 atom stereocenters. The quantitative estimate of drug-likeness (QED) is 0.558. The minimum Gasteiger partial charge on any atom is -0.449 e. The summed E-state index contributed by atoms with van der Waals surface area (Å²) in [5.41, 5.74) is -0.0224. The molecule has 1 aromatic carbocycles. The van der Waals surface area contributed by atoms with Crippen LogP contribution in [0, 0.1) is 5.82 Å². The lowest BCUT2D eigenvalue weighted by molar-refractivity contribution is 0.143. The second kappa shape index (κ2) is 7.81. The largest absolute Gasteiger partial charge is 0.511 e. The van der Waals surface area contributed by atoms with Crippen LogP contribution in [0.3, 0.4) is 0 Å². The maximum absolute atomic E-state index is 15.3. The average molecular weight is 464 g/mol. The summed E-state index contributed by atoms with van der Waals surface area (Å²) >= 11 is 8.38. The Morgan fingerprint density at radius 1 is 1.39 bits per heavy atom. The Labute approximate surface area is 185 Å². The van der Waals surface area contributed by atoms with Crippen molar-refractivity contribution in [3.05, 3.63) is 55.7 Å². The van der Waals surface area contributed by atoms with Crippen LogP contribution in [0.15, 0.2) is 34.6 Å². The molecule has 1 aliphatic carbocycles. The number of hydrogen-bond donors (Lipinski definition) is 2. The van der Waals surface area contributed by atoms with Gasteiger partial charge in [-0.3, -0.25) is 4.79 Å². The van der Waals surface area contributed by atoms with Gasteiger partial charge in [0.05, 0.1) is 33.9 Å². The monoisotopic (exact) mass is 463 g/mol. The number of hydrogen-bond acceptors (Lipinski definition) is 6. The van der Waals surface area contributed by atoms with E-state index in [1.807, 2.05) is 22.4 Å². The van der Waals surface area contributed by atoms with E-state index in [1.165, 1.54) is 6.20 Å². The third-order valence-electron chi connectivity index (χ3n) is 5.67. The maximum atomic E-state index is 15.3. The summed E-state index contributed by atoms with van der Waals surface area (Å²) in [7, 11) is 0. The Hall–Kier alpha value is -2.62. The van der Waals surface area contributed by atoms with Crippen LogP contribution in [0.4, 0.5) is 14.9 Å². The molecule has 1 saturated carbocycles. The van der Waals surface area contributed by atoms with Gasteiger partial charge in [-0.05, 0) is 30.4 Å². The Bertz CT molecular complexity index is 1230. The lowest BCUT2D eigenvalue weighted by atomic mass is 10.1. The number of thiophene rings is 1. The first-order valence-electron chi connectivity index (χ1n) is 9.93. The van der Waals surface area contributed by atoms with Gasteiger partial charge in [0, 0.05) is 30.6 Å². The highest BCUT2D eigenvalue weighted by molar-refractivity contribution is 7.10. The summed E-state index contributed by atoms with van der Waals surface area (Å²) in [6, 6.07) is 5.29. The van der Waals surface area contributed by atoms with E-state index in [2.05, 4.69) is 10.1 Å². The van der Waals surface area contributed by atoms with Gasteiger partial charge in [-0.15, -0.1) is 11.3 Å². The summed E-state index contributed by atoms with van der Waals surface area (Å²) in [5.74, 6) is -0.966. The molecule has 2 aromatic heterocycles. The molecular formula is C21H19ClFN3O4S.